The summed E-state index contributed by atoms with van der Waals surface area (Å²) in [7, 11) is 0. The molecule has 0 bridgehead atoms. The Labute approximate surface area is 89.4 Å². The van der Waals surface area contributed by atoms with Crippen molar-refractivity contribution in [3.05, 3.63) is 12.2 Å². The molecule has 14 heavy (non-hydrogen) atoms. The van der Waals surface area contributed by atoms with E-state index in [-0.39, 0.29) is 0 Å². The third-order valence-electron chi connectivity index (χ3n) is 2.20. The van der Waals surface area contributed by atoms with Gasteiger partial charge in [0.05, 0.1) is 0 Å². The predicted octanol–water partition coefficient (Wildman–Crippen LogP) is 2.27. The summed E-state index contributed by atoms with van der Waals surface area (Å²) in [5.74, 6) is 0. The second kappa shape index (κ2) is 9.22. The van der Waals surface area contributed by atoms with Crippen molar-refractivity contribution >= 4 is 0 Å². The zero-order valence-electron chi connectivity index (χ0n) is 10.1. The highest BCUT2D eigenvalue weighted by Gasteiger charge is 2.00. The molecule has 0 saturated carbocycles. The molecule has 0 aliphatic heterocycles. The van der Waals surface area contributed by atoms with Crippen molar-refractivity contribution in [1.82, 2.24) is 10.2 Å². The molecule has 0 rings (SSSR count). The van der Waals surface area contributed by atoms with Crippen molar-refractivity contribution in [2.24, 2.45) is 0 Å². The SMILES string of the molecule is C=C(C)CN(CC)CCCNCCC. The number of nitrogens with one attached hydrogen (secondary N) is 1. The smallest absolute Gasteiger partial charge is 0.0187 e. The summed E-state index contributed by atoms with van der Waals surface area (Å²) in [4.78, 5) is 2.44. The Hall–Kier alpha value is -0.340. The monoisotopic (exact) mass is 198 g/mol. The first kappa shape index (κ1) is 13.7. The quantitative estimate of drug-likeness (QED) is 0.452. The molecule has 2 nitrogen and oxygen atoms in total. The largest absolute Gasteiger partial charge is 0.317 e. The Balaban J connectivity index is 3.38. The van der Waals surface area contributed by atoms with E-state index in [1.807, 2.05) is 0 Å². The van der Waals surface area contributed by atoms with Gasteiger partial charge in [-0.15, -0.1) is 0 Å². The average Bonchev–Trinajstić information content (AvgIpc) is 2.15. The first-order chi connectivity index (χ1) is 6.70. The van der Waals surface area contributed by atoms with Crippen LogP contribution in [0.5, 0.6) is 0 Å². The van der Waals surface area contributed by atoms with Gasteiger partial charge >= 0.3 is 0 Å². The molecule has 84 valence electrons. The zero-order valence-corrected chi connectivity index (χ0v) is 10.1. The fourth-order valence-corrected chi connectivity index (χ4v) is 1.46. The van der Waals surface area contributed by atoms with Crippen LogP contribution in [0.2, 0.25) is 0 Å². The number of hydrogen-bond acceptors (Lipinski definition) is 2. The maximum atomic E-state index is 3.94. The third-order valence-corrected chi connectivity index (χ3v) is 2.20. The van der Waals surface area contributed by atoms with E-state index in [9.17, 15) is 0 Å². The van der Waals surface area contributed by atoms with Crippen LogP contribution in [-0.2, 0) is 0 Å². The van der Waals surface area contributed by atoms with Crippen LogP contribution < -0.4 is 5.32 Å². The molecule has 0 aliphatic carbocycles. The fourth-order valence-electron chi connectivity index (χ4n) is 1.46. The molecule has 0 saturated heterocycles. The van der Waals surface area contributed by atoms with E-state index >= 15 is 0 Å². The van der Waals surface area contributed by atoms with Crippen LogP contribution in [0.1, 0.15) is 33.6 Å². The van der Waals surface area contributed by atoms with Crippen molar-refractivity contribution in [3.63, 3.8) is 0 Å². The lowest BCUT2D eigenvalue weighted by molar-refractivity contribution is 0.306. The average molecular weight is 198 g/mol. The van der Waals surface area contributed by atoms with E-state index in [2.05, 4.69) is 37.6 Å². The highest BCUT2D eigenvalue weighted by molar-refractivity contribution is 4.91. The van der Waals surface area contributed by atoms with Crippen LogP contribution >= 0.6 is 0 Å². The normalized spacial score (nSPS) is 10.9. The number of rotatable bonds is 9. The van der Waals surface area contributed by atoms with Crippen LogP contribution in [0.4, 0.5) is 0 Å². The molecule has 2 heteroatoms. The number of nitrogens with zero attached hydrogens (tertiary/aromatic N) is 1. The highest BCUT2D eigenvalue weighted by Crippen LogP contribution is 1.96. The van der Waals surface area contributed by atoms with E-state index in [0.717, 1.165) is 26.2 Å². The summed E-state index contributed by atoms with van der Waals surface area (Å²) < 4.78 is 0. The maximum Gasteiger partial charge on any atom is 0.0187 e. The van der Waals surface area contributed by atoms with E-state index in [0.29, 0.717) is 0 Å². The third kappa shape index (κ3) is 8.27. The summed E-state index contributed by atoms with van der Waals surface area (Å²) in [5.41, 5.74) is 1.26. The van der Waals surface area contributed by atoms with E-state index in [1.165, 1.54) is 25.0 Å². The number of likely N-dealkylation sites (N-methyl/N-ethyl adjacent to an activating group) is 1. The van der Waals surface area contributed by atoms with Gasteiger partial charge in [-0.05, 0) is 45.9 Å². The summed E-state index contributed by atoms with van der Waals surface area (Å²) in [6.45, 7) is 16.1. The van der Waals surface area contributed by atoms with Crippen molar-refractivity contribution in [2.75, 3.05) is 32.7 Å². The van der Waals surface area contributed by atoms with Gasteiger partial charge in [-0.3, -0.25) is 4.90 Å². The number of hydrogen-bond donors (Lipinski definition) is 1. The highest BCUT2D eigenvalue weighted by atomic mass is 15.1. The molecule has 0 aliphatic rings. The standard InChI is InChI=1S/C12H26N2/c1-5-8-13-9-7-10-14(6-2)11-12(3)4/h13H,3,5-11H2,1-2,4H3. The van der Waals surface area contributed by atoms with Crippen LogP contribution in [0.3, 0.4) is 0 Å². The molecule has 0 spiro atoms. The Bertz CT molecular complexity index is 143. The first-order valence-corrected chi connectivity index (χ1v) is 5.78. The van der Waals surface area contributed by atoms with Crippen molar-refractivity contribution < 1.29 is 0 Å². The van der Waals surface area contributed by atoms with Gasteiger partial charge in [-0.2, -0.15) is 0 Å². The molecule has 0 aromatic carbocycles. The minimum absolute atomic E-state index is 1.05. The van der Waals surface area contributed by atoms with Crippen molar-refractivity contribution in [3.8, 4) is 0 Å². The predicted molar refractivity (Wildman–Crippen MR) is 64.7 cm³/mol. The first-order valence-electron chi connectivity index (χ1n) is 5.78. The molecule has 0 fully saturated rings. The van der Waals surface area contributed by atoms with Gasteiger partial charge in [0.25, 0.3) is 0 Å². The van der Waals surface area contributed by atoms with Crippen molar-refractivity contribution in [2.45, 2.75) is 33.6 Å². The van der Waals surface area contributed by atoms with Crippen LogP contribution in [0.15, 0.2) is 12.2 Å². The van der Waals surface area contributed by atoms with Gasteiger partial charge in [0.15, 0.2) is 0 Å². The summed E-state index contributed by atoms with van der Waals surface area (Å²) >= 11 is 0. The van der Waals surface area contributed by atoms with Crippen LogP contribution in [0, 0.1) is 0 Å². The Morgan fingerprint density at radius 2 is 2.00 bits per heavy atom. The molecule has 1 N–H and O–H groups in total. The van der Waals surface area contributed by atoms with Gasteiger partial charge in [-0.1, -0.05) is 26.0 Å². The fraction of sp³-hybridized carbons (Fsp3) is 0.833. The lowest BCUT2D eigenvalue weighted by Crippen LogP contribution is -2.28. The molecule has 0 radical (unpaired) electrons. The van der Waals surface area contributed by atoms with Crippen molar-refractivity contribution in [1.29, 1.82) is 0 Å². The van der Waals surface area contributed by atoms with E-state index in [4.69, 9.17) is 0 Å². The summed E-state index contributed by atoms with van der Waals surface area (Å²) in [6.07, 6.45) is 2.46. The summed E-state index contributed by atoms with van der Waals surface area (Å²) in [6, 6.07) is 0. The zero-order chi connectivity index (χ0) is 10.8. The molecular formula is C12H26N2. The molecular weight excluding hydrogens is 172 g/mol. The van der Waals surface area contributed by atoms with Gasteiger partial charge in [0.1, 0.15) is 0 Å². The minimum atomic E-state index is 1.05. The minimum Gasteiger partial charge on any atom is -0.317 e. The Morgan fingerprint density at radius 3 is 2.50 bits per heavy atom. The van der Waals surface area contributed by atoms with Gasteiger partial charge in [-0.25, -0.2) is 0 Å². The van der Waals surface area contributed by atoms with Gasteiger partial charge in [0.2, 0.25) is 0 Å². The lowest BCUT2D eigenvalue weighted by Gasteiger charge is -2.20. The molecule has 0 aromatic rings. The summed E-state index contributed by atoms with van der Waals surface area (Å²) in [5, 5.41) is 3.42. The lowest BCUT2D eigenvalue weighted by atomic mass is 10.3. The maximum absolute atomic E-state index is 3.94. The van der Waals surface area contributed by atoms with E-state index in [1.54, 1.807) is 0 Å². The second-order valence-corrected chi connectivity index (χ2v) is 3.93. The van der Waals surface area contributed by atoms with Crippen LogP contribution in [-0.4, -0.2) is 37.6 Å². The Kier molecular flexibility index (Phi) is 9.00. The molecule has 0 amide bonds. The van der Waals surface area contributed by atoms with Gasteiger partial charge < -0.3 is 5.32 Å². The van der Waals surface area contributed by atoms with E-state index < -0.39 is 0 Å². The molecule has 0 heterocycles. The molecule has 0 atom stereocenters. The Morgan fingerprint density at radius 1 is 1.29 bits per heavy atom. The molecule has 0 unspecified atom stereocenters. The topological polar surface area (TPSA) is 15.3 Å². The second-order valence-electron chi connectivity index (χ2n) is 3.93. The molecule has 0 aromatic heterocycles. The van der Waals surface area contributed by atoms with Gasteiger partial charge in [0, 0.05) is 6.54 Å². The van der Waals surface area contributed by atoms with Crippen LogP contribution in [0.25, 0.3) is 0 Å².